The Labute approximate surface area is 90.2 Å². The Morgan fingerprint density at radius 2 is 1.73 bits per heavy atom. The SMILES string of the molecule is Cc1cc(C)[n+](-c2cccnc2)c(C)c1. The first-order chi connectivity index (χ1) is 7.18. The van der Waals surface area contributed by atoms with E-state index in [9.17, 15) is 0 Å². The molecule has 0 aliphatic rings. The number of aryl methyl sites for hydroxylation is 3. The van der Waals surface area contributed by atoms with Crippen LogP contribution >= 0.6 is 0 Å². The van der Waals surface area contributed by atoms with E-state index in [2.05, 4.69) is 48.5 Å². The van der Waals surface area contributed by atoms with Gasteiger partial charge in [-0.25, -0.2) is 0 Å². The molecule has 15 heavy (non-hydrogen) atoms. The Bertz CT molecular complexity index is 452. The van der Waals surface area contributed by atoms with E-state index in [1.54, 1.807) is 6.20 Å². The van der Waals surface area contributed by atoms with E-state index in [0.717, 1.165) is 5.69 Å². The lowest BCUT2D eigenvalue weighted by molar-refractivity contribution is -0.609. The maximum atomic E-state index is 4.14. The molecule has 0 saturated carbocycles. The van der Waals surface area contributed by atoms with Crippen LogP contribution in [0.5, 0.6) is 0 Å². The van der Waals surface area contributed by atoms with E-state index in [0.29, 0.717) is 0 Å². The number of hydrogen-bond acceptors (Lipinski definition) is 1. The zero-order valence-corrected chi connectivity index (χ0v) is 9.36. The highest BCUT2D eigenvalue weighted by molar-refractivity contribution is 5.21. The highest BCUT2D eigenvalue weighted by Crippen LogP contribution is 2.05. The second kappa shape index (κ2) is 3.81. The zero-order chi connectivity index (χ0) is 10.8. The van der Waals surface area contributed by atoms with Crippen molar-refractivity contribution >= 4 is 0 Å². The molecule has 2 heterocycles. The van der Waals surface area contributed by atoms with Crippen molar-refractivity contribution in [3.63, 3.8) is 0 Å². The normalized spacial score (nSPS) is 10.3. The summed E-state index contributed by atoms with van der Waals surface area (Å²) in [6, 6.07) is 8.39. The number of nitrogens with zero attached hydrogens (tertiary/aromatic N) is 2. The Morgan fingerprint density at radius 3 is 2.27 bits per heavy atom. The van der Waals surface area contributed by atoms with Gasteiger partial charge >= 0.3 is 0 Å². The molecule has 0 spiro atoms. The Morgan fingerprint density at radius 1 is 1.07 bits per heavy atom. The third-order valence-electron chi connectivity index (χ3n) is 2.48. The third kappa shape index (κ3) is 1.89. The summed E-state index contributed by atoms with van der Waals surface area (Å²) >= 11 is 0. The molecule has 0 unspecified atom stereocenters. The van der Waals surface area contributed by atoms with Crippen molar-refractivity contribution < 1.29 is 4.57 Å². The van der Waals surface area contributed by atoms with Crippen molar-refractivity contribution in [2.45, 2.75) is 20.8 Å². The Hall–Kier alpha value is -1.70. The molecule has 0 aliphatic carbocycles. The smallest absolute Gasteiger partial charge is 0.229 e. The first-order valence-corrected chi connectivity index (χ1v) is 5.09. The van der Waals surface area contributed by atoms with Gasteiger partial charge in [0.2, 0.25) is 5.69 Å². The largest absolute Gasteiger partial charge is 0.258 e. The first kappa shape index (κ1) is 9.84. The topological polar surface area (TPSA) is 16.8 Å². The molecular formula is C13H15N2+. The van der Waals surface area contributed by atoms with Crippen LogP contribution in [0.4, 0.5) is 0 Å². The van der Waals surface area contributed by atoms with Crippen molar-refractivity contribution in [1.82, 2.24) is 4.98 Å². The van der Waals surface area contributed by atoms with Crippen molar-refractivity contribution in [2.24, 2.45) is 0 Å². The minimum Gasteiger partial charge on any atom is -0.258 e. The summed E-state index contributed by atoms with van der Waals surface area (Å²) in [5.74, 6) is 0. The second-order valence-electron chi connectivity index (χ2n) is 3.86. The predicted octanol–water partition coefficient (Wildman–Crippen LogP) is 2.28. The van der Waals surface area contributed by atoms with E-state index in [-0.39, 0.29) is 0 Å². The third-order valence-corrected chi connectivity index (χ3v) is 2.48. The standard InChI is InChI=1S/C13H15N2/c1-10-7-11(2)15(12(3)8-10)13-5-4-6-14-9-13/h4-9H,1-3H3/q+1. The van der Waals surface area contributed by atoms with E-state index in [1.165, 1.54) is 17.0 Å². The summed E-state index contributed by atoms with van der Waals surface area (Å²) < 4.78 is 2.21. The van der Waals surface area contributed by atoms with Crippen LogP contribution in [0.15, 0.2) is 36.7 Å². The minimum absolute atomic E-state index is 1.12. The molecule has 0 saturated heterocycles. The second-order valence-corrected chi connectivity index (χ2v) is 3.86. The number of aromatic nitrogens is 2. The van der Waals surface area contributed by atoms with Crippen LogP contribution in [0, 0.1) is 20.8 Å². The van der Waals surface area contributed by atoms with Crippen molar-refractivity contribution in [2.75, 3.05) is 0 Å². The average Bonchev–Trinajstić information content (AvgIpc) is 2.17. The van der Waals surface area contributed by atoms with E-state index < -0.39 is 0 Å². The predicted molar refractivity (Wildman–Crippen MR) is 60.0 cm³/mol. The molecule has 0 N–H and O–H groups in total. The maximum absolute atomic E-state index is 4.14. The van der Waals surface area contributed by atoms with E-state index in [4.69, 9.17) is 0 Å². The van der Waals surface area contributed by atoms with E-state index in [1.807, 2.05) is 12.3 Å². The van der Waals surface area contributed by atoms with Crippen LogP contribution in [0.25, 0.3) is 5.69 Å². The fourth-order valence-electron chi connectivity index (χ4n) is 2.00. The van der Waals surface area contributed by atoms with Crippen LogP contribution in [0.3, 0.4) is 0 Å². The van der Waals surface area contributed by atoms with Gasteiger partial charge in [-0.2, -0.15) is 4.57 Å². The van der Waals surface area contributed by atoms with Gasteiger partial charge in [-0.1, -0.05) is 0 Å². The Kier molecular flexibility index (Phi) is 2.50. The molecule has 2 aromatic heterocycles. The molecule has 0 aliphatic heterocycles. The summed E-state index contributed by atoms with van der Waals surface area (Å²) in [6.07, 6.45) is 3.68. The van der Waals surface area contributed by atoms with Gasteiger partial charge in [-0.15, -0.1) is 0 Å². The summed E-state index contributed by atoms with van der Waals surface area (Å²) in [4.78, 5) is 4.14. The van der Waals surface area contributed by atoms with Crippen molar-refractivity contribution in [1.29, 1.82) is 0 Å². The fraction of sp³-hybridized carbons (Fsp3) is 0.231. The van der Waals surface area contributed by atoms with Gasteiger partial charge in [0.1, 0.15) is 0 Å². The molecule has 2 rings (SSSR count). The molecule has 0 atom stereocenters. The van der Waals surface area contributed by atoms with Crippen LogP contribution < -0.4 is 4.57 Å². The fourth-order valence-corrected chi connectivity index (χ4v) is 2.00. The van der Waals surface area contributed by atoms with Gasteiger partial charge in [0.15, 0.2) is 11.4 Å². The van der Waals surface area contributed by atoms with Gasteiger partial charge in [0, 0.05) is 38.2 Å². The lowest BCUT2D eigenvalue weighted by Crippen LogP contribution is -2.37. The summed E-state index contributed by atoms with van der Waals surface area (Å²) in [6.45, 7) is 6.35. The van der Waals surface area contributed by atoms with Crippen molar-refractivity contribution in [3.05, 3.63) is 53.6 Å². The minimum atomic E-state index is 1.12. The molecule has 0 bridgehead atoms. The first-order valence-electron chi connectivity index (χ1n) is 5.09. The number of rotatable bonds is 1. The van der Waals surface area contributed by atoms with Crippen LogP contribution in [0.1, 0.15) is 17.0 Å². The van der Waals surface area contributed by atoms with Gasteiger partial charge in [-0.05, 0) is 18.6 Å². The molecule has 2 aromatic rings. The molecule has 0 fully saturated rings. The summed E-state index contributed by atoms with van der Waals surface area (Å²) in [5, 5.41) is 0. The molecule has 0 aromatic carbocycles. The van der Waals surface area contributed by atoms with Crippen molar-refractivity contribution in [3.8, 4) is 5.69 Å². The highest BCUT2D eigenvalue weighted by Gasteiger charge is 2.14. The maximum Gasteiger partial charge on any atom is 0.229 e. The summed E-state index contributed by atoms with van der Waals surface area (Å²) in [5.41, 5.74) is 4.89. The molecule has 2 nitrogen and oxygen atoms in total. The molecule has 0 amide bonds. The molecular weight excluding hydrogens is 184 g/mol. The Balaban J connectivity index is 2.64. The average molecular weight is 199 g/mol. The summed E-state index contributed by atoms with van der Waals surface area (Å²) in [7, 11) is 0. The molecule has 76 valence electrons. The molecule has 0 radical (unpaired) electrons. The molecule has 2 heteroatoms. The zero-order valence-electron chi connectivity index (χ0n) is 9.36. The van der Waals surface area contributed by atoms with Crippen LogP contribution in [-0.2, 0) is 0 Å². The highest BCUT2D eigenvalue weighted by atomic mass is 15.0. The van der Waals surface area contributed by atoms with Gasteiger partial charge < -0.3 is 0 Å². The quantitative estimate of drug-likeness (QED) is 0.644. The van der Waals surface area contributed by atoms with Gasteiger partial charge in [-0.3, -0.25) is 4.98 Å². The monoisotopic (exact) mass is 199 g/mol. The van der Waals surface area contributed by atoms with Gasteiger partial charge in [0.25, 0.3) is 0 Å². The lowest BCUT2D eigenvalue weighted by atomic mass is 10.2. The van der Waals surface area contributed by atoms with Crippen LogP contribution in [-0.4, -0.2) is 4.98 Å². The number of pyridine rings is 2. The van der Waals surface area contributed by atoms with E-state index >= 15 is 0 Å². The number of hydrogen-bond donors (Lipinski definition) is 0. The van der Waals surface area contributed by atoms with Gasteiger partial charge in [0.05, 0.1) is 6.20 Å². The lowest BCUT2D eigenvalue weighted by Gasteiger charge is -2.03. The van der Waals surface area contributed by atoms with Crippen LogP contribution in [0.2, 0.25) is 0 Å².